The number of rotatable bonds is 4. The summed E-state index contributed by atoms with van der Waals surface area (Å²) in [6.45, 7) is 4.27. The first-order chi connectivity index (χ1) is 8.58. The molecule has 18 heavy (non-hydrogen) atoms. The van der Waals surface area contributed by atoms with Crippen LogP contribution in [0.15, 0.2) is 16.2 Å². The first-order valence-corrected chi connectivity index (χ1v) is 6.23. The Kier molecular flexibility index (Phi) is 3.66. The summed E-state index contributed by atoms with van der Waals surface area (Å²) in [5.41, 5.74) is 6.55. The van der Waals surface area contributed by atoms with Gasteiger partial charge in [-0.2, -0.15) is 20.1 Å². The monoisotopic (exact) mass is 266 g/mol. The molecule has 0 bridgehead atoms. The van der Waals surface area contributed by atoms with Gasteiger partial charge in [0.25, 0.3) is 0 Å². The third-order valence-corrected chi connectivity index (χ3v) is 3.00. The van der Waals surface area contributed by atoms with E-state index in [1.54, 1.807) is 4.68 Å². The van der Waals surface area contributed by atoms with Crippen LogP contribution in [-0.4, -0.2) is 31.3 Å². The topological polar surface area (TPSA) is 91.7 Å². The number of hydrogen-bond donors (Lipinski definition) is 1. The Morgan fingerprint density at radius 1 is 1.39 bits per heavy atom. The van der Waals surface area contributed by atoms with E-state index in [1.807, 2.05) is 27.0 Å². The van der Waals surface area contributed by atoms with Gasteiger partial charge in [-0.1, -0.05) is 0 Å². The second-order valence-corrected chi connectivity index (χ2v) is 4.53. The van der Waals surface area contributed by atoms with Crippen LogP contribution < -0.4 is 10.5 Å². The molecular weight excluding hydrogens is 252 g/mol. The summed E-state index contributed by atoms with van der Waals surface area (Å²) in [6.07, 6.45) is 0. The van der Waals surface area contributed by atoms with Crippen molar-refractivity contribution in [1.82, 2.24) is 24.7 Å². The van der Waals surface area contributed by atoms with Crippen LogP contribution in [0.2, 0.25) is 0 Å². The molecule has 0 amide bonds. The van der Waals surface area contributed by atoms with Gasteiger partial charge >= 0.3 is 6.01 Å². The molecule has 0 fully saturated rings. The van der Waals surface area contributed by atoms with Crippen molar-refractivity contribution in [3.63, 3.8) is 0 Å². The Morgan fingerprint density at radius 3 is 2.78 bits per heavy atom. The van der Waals surface area contributed by atoms with Gasteiger partial charge in [-0.3, -0.25) is 4.68 Å². The molecule has 2 N–H and O–H groups in total. The van der Waals surface area contributed by atoms with E-state index in [4.69, 9.17) is 10.5 Å². The first-order valence-electron chi connectivity index (χ1n) is 5.41. The highest BCUT2D eigenvalue weighted by Crippen LogP contribution is 2.25. The highest BCUT2D eigenvalue weighted by molar-refractivity contribution is 7.99. The summed E-state index contributed by atoms with van der Waals surface area (Å²) in [4.78, 5) is 12.1. The predicted molar refractivity (Wildman–Crippen MR) is 67.5 cm³/mol. The number of nitrogen functional groups attached to an aromatic ring is 1. The van der Waals surface area contributed by atoms with Crippen molar-refractivity contribution in [3.8, 4) is 6.01 Å². The molecule has 0 aliphatic rings. The quantitative estimate of drug-likeness (QED) is 0.884. The summed E-state index contributed by atoms with van der Waals surface area (Å²) < 4.78 is 6.99. The highest BCUT2D eigenvalue weighted by atomic mass is 32.2. The molecule has 0 saturated heterocycles. The lowest BCUT2D eigenvalue weighted by Crippen LogP contribution is -2.04. The fourth-order valence-corrected chi connectivity index (χ4v) is 2.22. The first kappa shape index (κ1) is 12.6. The maximum atomic E-state index is 5.61. The van der Waals surface area contributed by atoms with Gasteiger partial charge < -0.3 is 10.5 Å². The van der Waals surface area contributed by atoms with Crippen LogP contribution in [-0.2, 0) is 7.05 Å². The van der Waals surface area contributed by atoms with Gasteiger partial charge in [-0.05, 0) is 31.7 Å². The predicted octanol–water partition coefficient (Wildman–Crippen LogP) is 1.05. The van der Waals surface area contributed by atoms with E-state index in [0.717, 1.165) is 10.7 Å². The molecule has 0 unspecified atom stereocenters. The van der Waals surface area contributed by atoms with Crippen molar-refractivity contribution in [1.29, 1.82) is 0 Å². The molecule has 0 saturated carbocycles. The average molecular weight is 266 g/mol. The van der Waals surface area contributed by atoms with Crippen molar-refractivity contribution < 1.29 is 4.74 Å². The highest BCUT2D eigenvalue weighted by Gasteiger charge is 2.10. The summed E-state index contributed by atoms with van der Waals surface area (Å²) in [7, 11) is 1.86. The minimum absolute atomic E-state index is 0.148. The van der Waals surface area contributed by atoms with E-state index in [9.17, 15) is 0 Å². The molecule has 7 nitrogen and oxygen atoms in total. The Hall–Kier alpha value is -1.83. The molecule has 2 heterocycles. The van der Waals surface area contributed by atoms with Crippen LogP contribution >= 0.6 is 11.8 Å². The summed E-state index contributed by atoms with van der Waals surface area (Å²) in [5, 5.41) is 5.68. The summed E-state index contributed by atoms with van der Waals surface area (Å²) in [5.74, 6) is 0.148. The fourth-order valence-electron chi connectivity index (χ4n) is 1.37. The van der Waals surface area contributed by atoms with Crippen LogP contribution in [0.3, 0.4) is 0 Å². The molecule has 0 spiro atoms. The number of anilines is 1. The molecule has 2 aromatic heterocycles. The molecule has 2 rings (SSSR count). The largest absolute Gasteiger partial charge is 0.464 e. The van der Waals surface area contributed by atoms with Crippen LogP contribution in [0.5, 0.6) is 6.01 Å². The number of aromatic nitrogens is 5. The lowest BCUT2D eigenvalue weighted by atomic mass is 10.5. The SMILES string of the molecule is CCOc1nc(N)nc(Sc2cc(C)nn2C)n1. The zero-order valence-corrected chi connectivity index (χ0v) is 11.2. The Labute approximate surface area is 109 Å². The van der Waals surface area contributed by atoms with Gasteiger partial charge in [0.1, 0.15) is 5.03 Å². The van der Waals surface area contributed by atoms with Crippen LogP contribution in [0, 0.1) is 6.92 Å². The third-order valence-electron chi connectivity index (χ3n) is 2.04. The molecule has 0 aromatic carbocycles. The Bertz CT molecular complexity index is 555. The third kappa shape index (κ3) is 2.89. The van der Waals surface area contributed by atoms with E-state index >= 15 is 0 Å². The second-order valence-electron chi connectivity index (χ2n) is 3.54. The molecule has 96 valence electrons. The van der Waals surface area contributed by atoms with E-state index in [-0.39, 0.29) is 12.0 Å². The summed E-state index contributed by atoms with van der Waals surface area (Å²) in [6, 6.07) is 2.19. The lowest BCUT2D eigenvalue weighted by molar-refractivity contribution is 0.308. The van der Waals surface area contributed by atoms with Gasteiger partial charge in [0.2, 0.25) is 11.1 Å². The second kappa shape index (κ2) is 5.21. The summed E-state index contributed by atoms with van der Waals surface area (Å²) >= 11 is 1.37. The maximum Gasteiger partial charge on any atom is 0.322 e. The molecule has 8 heteroatoms. The van der Waals surface area contributed by atoms with Crippen molar-refractivity contribution >= 4 is 17.7 Å². The Balaban J connectivity index is 2.25. The lowest BCUT2D eigenvalue weighted by Gasteiger charge is -2.04. The molecule has 0 radical (unpaired) electrons. The van der Waals surface area contributed by atoms with Crippen molar-refractivity contribution in [3.05, 3.63) is 11.8 Å². The molecular formula is C10H14N6OS. The van der Waals surface area contributed by atoms with Crippen molar-refractivity contribution in [2.45, 2.75) is 24.0 Å². The van der Waals surface area contributed by atoms with E-state index in [0.29, 0.717) is 11.8 Å². The average Bonchev–Trinajstić information content (AvgIpc) is 2.57. The van der Waals surface area contributed by atoms with Crippen LogP contribution in [0.1, 0.15) is 12.6 Å². The van der Waals surface area contributed by atoms with Gasteiger partial charge in [-0.15, -0.1) is 0 Å². The van der Waals surface area contributed by atoms with E-state index in [2.05, 4.69) is 20.1 Å². The number of ether oxygens (including phenoxy) is 1. The van der Waals surface area contributed by atoms with E-state index in [1.165, 1.54) is 11.8 Å². The van der Waals surface area contributed by atoms with E-state index < -0.39 is 0 Å². The fraction of sp³-hybridized carbons (Fsp3) is 0.400. The zero-order valence-electron chi connectivity index (χ0n) is 10.4. The zero-order chi connectivity index (χ0) is 13.1. The molecule has 0 aliphatic heterocycles. The van der Waals surface area contributed by atoms with Gasteiger partial charge in [0.05, 0.1) is 12.3 Å². The normalized spacial score (nSPS) is 10.6. The van der Waals surface area contributed by atoms with Crippen LogP contribution in [0.25, 0.3) is 0 Å². The van der Waals surface area contributed by atoms with Crippen molar-refractivity contribution in [2.24, 2.45) is 7.05 Å². The van der Waals surface area contributed by atoms with Crippen LogP contribution in [0.4, 0.5) is 5.95 Å². The minimum atomic E-state index is 0.148. The van der Waals surface area contributed by atoms with Gasteiger partial charge in [-0.25, -0.2) is 0 Å². The number of nitrogens with two attached hydrogens (primary N) is 1. The smallest absolute Gasteiger partial charge is 0.322 e. The molecule has 0 aliphatic carbocycles. The van der Waals surface area contributed by atoms with Crippen molar-refractivity contribution in [2.75, 3.05) is 12.3 Å². The maximum absolute atomic E-state index is 5.61. The Morgan fingerprint density at radius 2 is 2.17 bits per heavy atom. The number of nitrogens with zero attached hydrogens (tertiary/aromatic N) is 5. The molecule has 2 aromatic rings. The van der Waals surface area contributed by atoms with Gasteiger partial charge in [0.15, 0.2) is 0 Å². The molecule has 0 atom stereocenters. The minimum Gasteiger partial charge on any atom is -0.464 e. The number of hydrogen-bond acceptors (Lipinski definition) is 7. The number of aryl methyl sites for hydroxylation is 2. The van der Waals surface area contributed by atoms with Gasteiger partial charge in [0, 0.05) is 7.05 Å². The standard InChI is InChI=1S/C10H14N6OS/c1-4-17-9-12-8(11)13-10(14-9)18-7-5-6(2)15-16(7)3/h5H,4H2,1-3H3,(H2,11,12,13,14).